The van der Waals surface area contributed by atoms with Crippen LogP contribution in [0, 0.1) is 6.92 Å². The molecule has 1 heterocycles. The van der Waals surface area contributed by atoms with Crippen molar-refractivity contribution in [2.75, 3.05) is 13.1 Å². The molecule has 22 heavy (non-hydrogen) atoms. The molecule has 0 aliphatic rings. The van der Waals surface area contributed by atoms with Crippen LogP contribution in [0.15, 0.2) is 29.6 Å². The lowest BCUT2D eigenvalue weighted by atomic mass is 10.1. The largest absolute Gasteiger partial charge is 0.346 e. The first-order chi connectivity index (χ1) is 10.6. The third-order valence-corrected chi connectivity index (χ3v) is 4.57. The molecule has 1 N–H and O–H groups in total. The highest BCUT2D eigenvalue weighted by molar-refractivity contribution is 7.09. The molecule has 1 aromatic carbocycles. The van der Waals surface area contributed by atoms with Crippen LogP contribution in [0.25, 0.3) is 0 Å². The van der Waals surface area contributed by atoms with Gasteiger partial charge in [0.2, 0.25) is 0 Å². The van der Waals surface area contributed by atoms with E-state index in [1.807, 2.05) is 31.2 Å². The molecule has 0 radical (unpaired) electrons. The topological polar surface area (TPSA) is 45.2 Å². The summed E-state index contributed by atoms with van der Waals surface area (Å²) in [6.07, 6.45) is 0. The van der Waals surface area contributed by atoms with Gasteiger partial charge >= 0.3 is 0 Å². The number of benzene rings is 1. The minimum Gasteiger partial charge on any atom is -0.346 e. The van der Waals surface area contributed by atoms with Gasteiger partial charge in [-0.25, -0.2) is 4.98 Å². The Kier molecular flexibility index (Phi) is 6.10. The van der Waals surface area contributed by atoms with Gasteiger partial charge in [0.1, 0.15) is 5.01 Å². The van der Waals surface area contributed by atoms with Gasteiger partial charge in [-0.2, -0.15) is 0 Å². The summed E-state index contributed by atoms with van der Waals surface area (Å²) in [4.78, 5) is 19.1. The number of aryl methyl sites for hydroxylation is 1. The van der Waals surface area contributed by atoms with E-state index in [-0.39, 0.29) is 5.91 Å². The zero-order valence-corrected chi connectivity index (χ0v) is 14.2. The number of nitrogens with zero attached hydrogens (tertiary/aromatic N) is 2. The van der Waals surface area contributed by atoms with Crippen LogP contribution in [0.4, 0.5) is 0 Å². The lowest BCUT2D eigenvalue weighted by molar-refractivity contribution is 0.0950. The molecule has 0 spiro atoms. The average Bonchev–Trinajstić information content (AvgIpc) is 2.98. The van der Waals surface area contributed by atoms with Gasteiger partial charge in [-0.05, 0) is 31.6 Å². The minimum absolute atomic E-state index is 0.0430. The monoisotopic (exact) mass is 317 g/mol. The van der Waals surface area contributed by atoms with Crippen molar-refractivity contribution in [2.24, 2.45) is 0 Å². The molecule has 2 rings (SSSR count). The van der Waals surface area contributed by atoms with Gasteiger partial charge in [0.15, 0.2) is 0 Å². The van der Waals surface area contributed by atoms with Crippen molar-refractivity contribution in [3.05, 3.63) is 51.5 Å². The molecule has 0 aliphatic carbocycles. The lowest BCUT2D eigenvalue weighted by Crippen LogP contribution is -2.24. The Morgan fingerprint density at radius 3 is 2.68 bits per heavy atom. The van der Waals surface area contributed by atoms with Crippen molar-refractivity contribution >= 4 is 17.2 Å². The highest BCUT2D eigenvalue weighted by Gasteiger charge is 2.10. The second-order valence-corrected chi connectivity index (χ2v) is 6.13. The van der Waals surface area contributed by atoms with Crippen LogP contribution in [0.3, 0.4) is 0 Å². The fourth-order valence-electron chi connectivity index (χ4n) is 2.26. The predicted molar refractivity (Wildman–Crippen MR) is 91.1 cm³/mol. The van der Waals surface area contributed by atoms with Crippen LogP contribution in [-0.4, -0.2) is 28.9 Å². The molecule has 118 valence electrons. The lowest BCUT2D eigenvalue weighted by Gasteiger charge is -2.15. The summed E-state index contributed by atoms with van der Waals surface area (Å²) in [5.41, 5.74) is 2.79. The second kappa shape index (κ2) is 8.06. The highest BCUT2D eigenvalue weighted by Crippen LogP contribution is 2.12. The highest BCUT2D eigenvalue weighted by atomic mass is 32.1. The van der Waals surface area contributed by atoms with Crippen molar-refractivity contribution in [1.29, 1.82) is 0 Å². The normalized spacial score (nSPS) is 10.9. The molecule has 0 saturated carbocycles. The van der Waals surface area contributed by atoms with E-state index < -0.39 is 0 Å². The van der Waals surface area contributed by atoms with E-state index in [0.717, 1.165) is 41.5 Å². The number of carbonyl (C=O) groups is 1. The summed E-state index contributed by atoms with van der Waals surface area (Å²) < 4.78 is 0. The van der Waals surface area contributed by atoms with Gasteiger partial charge < -0.3 is 5.32 Å². The Hall–Kier alpha value is -1.72. The summed E-state index contributed by atoms with van der Waals surface area (Å²) in [5.74, 6) is -0.0430. The summed E-state index contributed by atoms with van der Waals surface area (Å²) in [6.45, 7) is 9.64. The van der Waals surface area contributed by atoms with Crippen molar-refractivity contribution < 1.29 is 4.79 Å². The van der Waals surface area contributed by atoms with E-state index in [9.17, 15) is 4.79 Å². The van der Waals surface area contributed by atoms with Crippen molar-refractivity contribution in [2.45, 2.75) is 33.9 Å². The molecule has 0 atom stereocenters. The van der Waals surface area contributed by atoms with E-state index in [1.165, 1.54) is 0 Å². The molecular formula is C17H23N3OS. The Bertz CT molecular complexity index is 620. The Morgan fingerprint density at radius 2 is 2.00 bits per heavy atom. The number of aromatic nitrogens is 1. The number of carbonyl (C=O) groups excluding carboxylic acids is 1. The number of amides is 1. The van der Waals surface area contributed by atoms with Gasteiger partial charge in [-0.15, -0.1) is 11.3 Å². The third-order valence-electron chi connectivity index (χ3n) is 3.67. The van der Waals surface area contributed by atoms with E-state index in [0.29, 0.717) is 6.54 Å². The van der Waals surface area contributed by atoms with Gasteiger partial charge in [0.25, 0.3) is 5.91 Å². The third kappa shape index (κ3) is 4.39. The molecule has 0 saturated heterocycles. The Balaban J connectivity index is 1.91. The predicted octanol–water partition coefficient (Wildman–Crippen LogP) is 3.22. The Labute approximate surface area is 136 Å². The summed E-state index contributed by atoms with van der Waals surface area (Å²) >= 11 is 1.60. The molecular weight excluding hydrogens is 294 g/mol. The van der Waals surface area contributed by atoms with Crippen LogP contribution in [0.1, 0.15) is 40.5 Å². The van der Waals surface area contributed by atoms with Crippen molar-refractivity contribution in [1.82, 2.24) is 15.2 Å². The van der Waals surface area contributed by atoms with E-state index in [4.69, 9.17) is 0 Å². The molecule has 0 fully saturated rings. The maximum atomic E-state index is 12.2. The molecule has 1 aromatic heterocycles. The summed E-state index contributed by atoms with van der Waals surface area (Å²) in [5, 5.41) is 5.97. The quantitative estimate of drug-likeness (QED) is 0.853. The molecule has 1 amide bonds. The van der Waals surface area contributed by atoms with Gasteiger partial charge in [-0.1, -0.05) is 32.0 Å². The number of rotatable bonds is 7. The standard InChI is InChI=1S/C17H23N3OS/c1-4-20(5-2)11-14-12-22-16(19-14)10-18-17(21)15-9-7-6-8-13(15)3/h6-9,12H,4-5,10-11H2,1-3H3,(H,18,21). The van der Waals surface area contributed by atoms with Crippen LogP contribution in [-0.2, 0) is 13.1 Å². The van der Waals surface area contributed by atoms with E-state index >= 15 is 0 Å². The number of nitrogens with one attached hydrogen (secondary N) is 1. The molecule has 0 aliphatic heterocycles. The van der Waals surface area contributed by atoms with Crippen LogP contribution < -0.4 is 5.32 Å². The number of hydrogen-bond donors (Lipinski definition) is 1. The number of thiazole rings is 1. The average molecular weight is 317 g/mol. The van der Waals surface area contributed by atoms with Gasteiger partial charge in [-0.3, -0.25) is 9.69 Å². The fraction of sp³-hybridized carbons (Fsp3) is 0.412. The molecule has 4 nitrogen and oxygen atoms in total. The summed E-state index contributed by atoms with van der Waals surface area (Å²) in [6, 6.07) is 7.61. The maximum Gasteiger partial charge on any atom is 0.251 e. The van der Waals surface area contributed by atoms with E-state index in [2.05, 4.69) is 34.4 Å². The SMILES string of the molecule is CCN(CC)Cc1csc(CNC(=O)c2ccccc2C)n1. The minimum atomic E-state index is -0.0430. The van der Waals surface area contributed by atoms with E-state index in [1.54, 1.807) is 11.3 Å². The maximum absolute atomic E-state index is 12.2. The molecule has 2 aromatic rings. The first kappa shape index (κ1) is 16.6. The van der Waals surface area contributed by atoms with Crippen molar-refractivity contribution in [3.63, 3.8) is 0 Å². The smallest absolute Gasteiger partial charge is 0.251 e. The summed E-state index contributed by atoms with van der Waals surface area (Å²) in [7, 11) is 0. The number of hydrogen-bond acceptors (Lipinski definition) is 4. The molecule has 5 heteroatoms. The second-order valence-electron chi connectivity index (χ2n) is 5.19. The van der Waals surface area contributed by atoms with Crippen LogP contribution in [0.2, 0.25) is 0 Å². The first-order valence-corrected chi connectivity index (χ1v) is 8.51. The zero-order chi connectivity index (χ0) is 15.9. The van der Waals surface area contributed by atoms with Gasteiger partial charge in [0.05, 0.1) is 12.2 Å². The van der Waals surface area contributed by atoms with Crippen molar-refractivity contribution in [3.8, 4) is 0 Å². The van der Waals surface area contributed by atoms with Gasteiger partial charge in [0, 0.05) is 17.5 Å². The van der Waals surface area contributed by atoms with Crippen LogP contribution >= 0.6 is 11.3 Å². The molecule has 0 unspecified atom stereocenters. The molecule has 0 bridgehead atoms. The zero-order valence-electron chi connectivity index (χ0n) is 13.4. The first-order valence-electron chi connectivity index (χ1n) is 7.63. The Morgan fingerprint density at radius 1 is 1.27 bits per heavy atom. The van der Waals surface area contributed by atoms with Crippen LogP contribution in [0.5, 0.6) is 0 Å². The fourth-order valence-corrected chi connectivity index (χ4v) is 2.98.